The SMILES string of the molecule is CC(C)CC(N)C(=O)O.O=C=NC(Cc1ccc(OCc2ccccn2)cc1)C(=O)O. The lowest BCUT2D eigenvalue weighted by atomic mass is 10.1. The predicted octanol–water partition coefficient (Wildman–Crippen LogP) is 2.44. The summed E-state index contributed by atoms with van der Waals surface area (Å²) in [6, 6.07) is 10.7. The van der Waals surface area contributed by atoms with Crippen molar-refractivity contribution < 1.29 is 29.3 Å². The Balaban J connectivity index is 0.000000452. The van der Waals surface area contributed by atoms with Crippen LogP contribution in [0.3, 0.4) is 0 Å². The molecular formula is C22H27N3O6. The molecule has 0 saturated heterocycles. The van der Waals surface area contributed by atoms with E-state index in [1.54, 1.807) is 30.5 Å². The summed E-state index contributed by atoms with van der Waals surface area (Å²) in [6.07, 6.45) is 3.66. The molecule has 0 aliphatic rings. The van der Waals surface area contributed by atoms with Gasteiger partial charge in [-0.15, -0.1) is 0 Å². The monoisotopic (exact) mass is 429 g/mol. The lowest BCUT2D eigenvalue weighted by Crippen LogP contribution is -2.31. The molecule has 1 aromatic heterocycles. The van der Waals surface area contributed by atoms with Gasteiger partial charge in [0.15, 0.2) is 6.04 Å². The molecule has 0 saturated carbocycles. The smallest absolute Gasteiger partial charge is 0.329 e. The van der Waals surface area contributed by atoms with Crippen molar-refractivity contribution >= 4 is 18.0 Å². The van der Waals surface area contributed by atoms with E-state index in [0.29, 0.717) is 24.7 Å². The number of nitrogens with two attached hydrogens (primary N) is 1. The largest absolute Gasteiger partial charge is 0.487 e. The quantitative estimate of drug-likeness (QED) is 0.385. The second kappa shape index (κ2) is 13.6. The lowest BCUT2D eigenvalue weighted by Gasteiger charge is -2.08. The zero-order valence-electron chi connectivity index (χ0n) is 17.5. The van der Waals surface area contributed by atoms with Crippen LogP contribution in [0.4, 0.5) is 0 Å². The van der Waals surface area contributed by atoms with E-state index >= 15 is 0 Å². The number of aromatic nitrogens is 1. The van der Waals surface area contributed by atoms with E-state index in [1.807, 2.05) is 32.0 Å². The summed E-state index contributed by atoms with van der Waals surface area (Å²) in [5.41, 5.74) is 6.78. The highest BCUT2D eigenvalue weighted by molar-refractivity contribution is 5.75. The Morgan fingerprint density at radius 1 is 1.13 bits per heavy atom. The number of ether oxygens (including phenoxy) is 1. The minimum atomic E-state index is -1.15. The maximum absolute atomic E-state index is 10.9. The molecule has 2 rings (SSSR count). The van der Waals surface area contributed by atoms with Crippen molar-refractivity contribution in [2.45, 2.75) is 45.4 Å². The first-order valence-corrected chi connectivity index (χ1v) is 9.62. The molecule has 9 nitrogen and oxygen atoms in total. The number of carboxylic acids is 2. The molecule has 1 aromatic carbocycles. The van der Waals surface area contributed by atoms with Crippen molar-refractivity contribution in [1.29, 1.82) is 0 Å². The van der Waals surface area contributed by atoms with Gasteiger partial charge in [0.1, 0.15) is 18.4 Å². The zero-order valence-corrected chi connectivity index (χ0v) is 17.5. The molecular weight excluding hydrogens is 402 g/mol. The highest BCUT2D eigenvalue weighted by atomic mass is 16.5. The Morgan fingerprint density at radius 3 is 2.26 bits per heavy atom. The van der Waals surface area contributed by atoms with E-state index in [0.717, 1.165) is 11.3 Å². The fourth-order valence-electron chi connectivity index (χ4n) is 2.45. The number of carbonyl (C=O) groups excluding carboxylic acids is 1. The highest BCUT2D eigenvalue weighted by Gasteiger charge is 2.16. The van der Waals surface area contributed by atoms with Crippen LogP contribution in [-0.4, -0.2) is 45.3 Å². The van der Waals surface area contributed by atoms with E-state index in [9.17, 15) is 14.4 Å². The lowest BCUT2D eigenvalue weighted by molar-refractivity contribution is -0.139. The van der Waals surface area contributed by atoms with E-state index in [2.05, 4.69) is 9.98 Å². The molecule has 1 heterocycles. The minimum Gasteiger partial charge on any atom is -0.487 e. The molecule has 0 aliphatic carbocycles. The summed E-state index contributed by atoms with van der Waals surface area (Å²) in [5.74, 6) is -1.06. The molecule has 4 N–H and O–H groups in total. The molecule has 0 bridgehead atoms. The van der Waals surface area contributed by atoms with Crippen molar-refractivity contribution in [3.8, 4) is 5.75 Å². The second-order valence-corrected chi connectivity index (χ2v) is 7.11. The first kappa shape index (κ1) is 25.5. The van der Waals surface area contributed by atoms with Gasteiger partial charge in [0, 0.05) is 12.6 Å². The van der Waals surface area contributed by atoms with Gasteiger partial charge in [-0.05, 0) is 42.2 Å². The minimum absolute atomic E-state index is 0.130. The van der Waals surface area contributed by atoms with Gasteiger partial charge in [-0.2, -0.15) is 4.99 Å². The molecule has 0 fully saturated rings. The van der Waals surface area contributed by atoms with Gasteiger partial charge < -0.3 is 20.7 Å². The molecule has 0 spiro atoms. The maximum atomic E-state index is 10.9. The fourth-order valence-corrected chi connectivity index (χ4v) is 2.45. The third-order valence-corrected chi connectivity index (χ3v) is 4.00. The maximum Gasteiger partial charge on any atom is 0.329 e. The van der Waals surface area contributed by atoms with E-state index in [-0.39, 0.29) is 6.42 Å². The number of hydrogen-bond donors (Lipinski definition) is 3. The van der Waals surface area contributed by atoms with Crippen LogP contribution in [0.2, 0.25) is 0 Å². The Hall–Kier alpha value is -3.55. The Bertz CT molecular complexity index is 863. The number of nitrogens with zero attached hydrogens (tertiary/aromatic N) is 2. The summed E-state index contributed by atoms with van der Waals surface area (Å²) in [7, 11) is 0. The molecule has 2 aromatic rings. The molecule has 2 atom stereocenters. The predicted molar refractivity (Wildman–Crippen MR) is 113 cm³/mol. The summed E-state index contributed by atoms with van der Waals surface area (Å²) < 4.78 is 5.58. The van der Waals surface area contributed by atoms with E-state index < -0.39 is 24.0 Å². The number of rotatable bonds is 10. The van der Waals surface area contributed by atoms with Crippen molar-refractivity contribution in [3.63, 3.8) is 0 Å². The molecule has 0 aliphatic heterocycles. The number of carbonyl (C=O) groups is 2. The van der Waals surface area contributed by atoms with Crippen LogP contribution in [0.5, 0.6) is 5.75 Å². The van der Waals surface area contributed by atoms with Gasteiger partial charge in [0.2, 0.25) is 6.08 Å². The summed E-state index contributed by atoms with van der Waals surface area (Å²) >= 11 is 0. The van der Waals surface area contributed by atoms with Gasteiger partial charge in [0.25, 0.3) is 0 Å². The van der Waals surface area contributed by atoms with Gasteiger partial charge >= 0.3 is 11.9 Å². The van der Waals surface area contributed by atoms with Crippen molar-refractivity contribution in [2.24, 2.45) is 16.6 Å². The zero-order chi connectivity index (χ0) is 23.2. The third-order valence-electron chi connectivity index (χ3n) is 4.00. The van der Waals surface area contributed by atoms with Crippen LogP contribution in [-0.2, 0) is 27.4 Å². The van der Waals surface area contributed by atoms with Gasteiger partial charge in [-0.3, -0.25) is 9.78 Å². The summed E-state index contributed by atoms with van der Waals surface area (Å²) in [5, 5.41) is 17.2. The number of carboxylic acid groups (broad SMARTS) is 2. The molecule has 0 amide bonds. The summed E-state index contributed by atoms with van der Waals surface area (Å²) in [6.45, 7) is 4.25. The number of benzene rings is 1. The topological polar surface area (TPSA) is 152 Å². The van der Waals surface area contributed by atoms with Gasteiger partial charge in [0.05, 0.1) is 5.69 Å². The third kappa shape index (κ3) is 10.7. The molecule has 2 unspecified atom stereocenters. The van der Waals surface area contributed by atoms with Crippen LogP contribution in [0, 0.1) is 5.92 Å². The average molecular weight is 429 g/mol. The summed E-state index contributed by atoms with van der Waals surface area (Å²) in [4.78, 5) is 38.7. The first-order chi connectivity index (χ1) is 14.7. The molecule has 9 heteroatoms. The van der Waals surface area contributed by atoms with Crippen LogP contribution in [0.1, 0.15) is 31.5 Å². The number of pyridine rings is 1. The van der Waals surface area contributed by atoms with E-state index in [1.165, 1.54) is 6.08 Å². The van der Waals surface area contributed by atoms with E-state index in [4.69, 9.17) is 20.7 Å². The van der Waals surface area contributed by atoms with Crippen LogP contribution in [0.25, 0.3) is 0 Å². The van der Waals surface area contributed by atoms with Crippen LogP contribution >= 0.6 is 0 Å². The van der Waals surface area contributed by atoms with Gasteiger partial charge in [-0.1, -0.05) is 32.0 Å². The second-order valence-electron chi connectivity index (χ2n) is 7.11. The van der Waals surface area contributed by atoms with Crippen LogP contribution < -0.4 is 10.5 Å². The van der Waals surface area contributed by atoms with Crippen molar-refractivity contribution in [3.05, 3.63) is 59.9 Å². The number of aliphatic carboxylic acids is 2. The van der Waals surface area contributed by atoms with Crippen LogP contribution in [0.15, 0.2) is 53.7 Å². The first-order valence-electron chi connectivity index (χ1n) is 9.62. The Morgan fingerprint density at radius 2 is 1.81 bits per heavy atom. The fraction of sp³-hybridized carbons (Fsp3) is 0.364. The Labute approximate surface area is 180 Å². The normalized spacial score (nSPS) is 12.0. The number of aliphatic imine (C=N–C) groups is 1. The number of hydrogen-bond acceptors (Lipinski definition) is 7. The highest BCUT2D eigenvalue weighted by Crippen LogP contribution is 2.15. The Kier molecular flexibility index (Phi) is 11.2. The molecule has 31 heavy (non-hydrogen) atoms. The number of isocyanates is 1. The standard InChI is InChI=1S/C16H14N2O4.C6H13NO2/c19-11-18-15(16(20)21)9-12-4-6-14(7-5-12)22-10-13-3-1-2-8-17-13;1-4(2)3-5(7)6(8)9/h1-8,15H,9-10H2,(H,20,21);4-5H,3,7H2,1-2H3,(H,8,9). The molecule has 0 radical (unpaired) electrons. The van der Waals surface area contributed by atoms with Crippen molar-refractivity contribution in [1.82, 2.24) is 4.98 Å². The van der Waals surface area contributed by atoms with Crippen molar-refractivity contribution in [2.75, 3.05) is 0 Å². The average Bonchev–Trinajstić information content (AvgIpc) is 2.73. The van der Waals surface area contributed by atoms with Gasteiger partial charge in [-0.25, -0.2) is 9.59 Å². The molecule has 166 valence electrons.